The minimum absolute atomic E-state index is 0.310. The van der Waals surface area contributed by atoms with E-state index in [2.05, 4.69) is 11.0 Å². The molecule has 1 aliphatic heterocycles. The molecule has 0 radical (unpaired) electrons. The lowest BCUT2D eigenvalue weighted by molar-refractivity contribution is -0.671. The van der Waals surface area contributed by atoms with Crippen LogP contribution in [-0.4, -0.2) is 43.8 Å². The summed E-state index contributed by atoms with van der Waals surface area (Å²) in [5.41, 5.74) is 2.82. The molecule has 0 aliphatic carbocycles. The third-order valence-corrected chi connectivity index (χ3v) is 4.39. The van der Waals surface area contributed by atoms with Gasteiger partial charge < -0.3 is 18.6 Å². The largest absolute Gasteiger partial charge is 0.726 e. The van der Waals surface area contributed by atoms with Crippen molar-refractivity contribution in [1.29, 1.82) is 0 Å². The fraction of sp³-hybridized carbons (Fsp3) is 0.263. The van der Waals surface area contributed by atoms with Gasteiger partial charge in [0.15, 0.2) is 12.4 Å². The lowest BCUT2D eigenvalue weighted by atomic mass is 10.1. The quantitative estimate of drug-likeness (QED) is 0.283. The van der Waals surface area contributed by atoms with Gasteiger partial charge in [-0.15, -0.1) is 0 Å². The van der Waals surface area contributed by atoms with E-state index >= 15 is 0 Å². The molecule has 0 amide bonds. The van der Waals surface area contributed by atoms with E-state index in [9.17, 15) is 4.79 Å². The number of fused-ring (bicyclic) bond motifs is 1. The topological polar surface area (TPSA) is 124 Å². The SMILES string of the molecule is C[n+]1ccc(-c2cc3ccc(N4CCOCC4)cc3oc2=O)cc1.O=S(=O)([O-])O. The minimum atomic E-state index is -4.92. The summed E-state index contributed by atoms with van der Waals surface area (Å²) in [7, 11) is -2.97. The average molecular weight is 420 g/mol. The summed E-state index contributed by atoms with van der Waals surface area (Å²) in [5, 5.41) is 0.926. The number of ether oxygens (including phenoxy) is 1. The molecule has 9 nitrogen and oxygen atoms in total. The first-order valence-corrected chi connectivity index (χ1v) is 10.1. The molecule has 0 unspecified atom stereocenters. The van der Waals surface area contributed by atoms with Crippen molar-refractivity contribution in [2.45, 2.75) is 0 Å². The first-order chi connectivity index (χ1) is 13.7. The van der Waals surface area contributed by atoms with Crippen molar-refractivity contribution in [2.75, 3.05) is 31.2 Å². The van der Waals surface area contributed by atoms with E-state index in [0.717, 1.165) is 42.9 Å². The molecule has 10 heteroatoms. The van der Waals surface area contributed by atoms with Crippen molar-refractivity contribution in [1.82, 2.24) is 0 Å². The molecule has 1 aliphatic rings. The van der Waals surface area contributed by atoms with Gasteiger partial charge in [-0.05, 0) is 18.2 Å². The van der Waals surface area contributed by atoms with E-state index in [0.29, 0.717) is 11.1 Å². The van der Waals surface area contributed by atoms with Gasteiger partial charge in [0.1, 0.15) is 12.6 Å². The second-order valence-corrected chi connectivity index (χ2v) is 7.30. The van der Waals surface area contributed by atoms with Crippen molar-refractivity contribution in [3.05, 3.63) is 59.2 Å². The highest BCUT2D eigenvalue weighted by Gasteiger charge is 2.14. The van der Waals surface area contributed by atoms with Crippen LogP contribution in [0.1, 0.15) is 0 Å². The molecular formula is C19H20N2O7S. The van der Waals surface area contributed by atoms with Crippen LogP contribution < -0.4 is 15.1 Å². The lowest BCUT2D eigenvalue weighted by Crippen LogP contribution is -2.36. The second-order valence-electron chi connectivity index (χ2n) is 6.45. The average Bonchev–Trinajstić information content (AvgIpc) is 2.67. The highest BCUT2D eigenvalue weighted by atomic mass is 32.3. The van der Waals surface area contributed by atoms with E-state index in [-0.39, 0.29) is 5.63 Å². The molecule has 1 fully saturated rings. The third-order valence-electron chi connectivity index (χ3n) is 4.39. The summed E-state index contributed by atoms with van der Waals surface area (Å²) in [4.78, 5) is 14.6. The van der Waals surface area contributed by atoms with Gasteiger partial charge in [0.05, 0.1) is 18.8 Å². The number of benzene rings is 1. The van der Waals surface area contributed by atoms with Crippen LogP contribution in [0.25, 0.3) is 22.1 Å². The minimum Gasteiger partial charge on any atom is -0.726 e. The van der Waals surface area contributed by atoms with E-state index in [1.807, 2.05) is 54.3 Å². The van der Waals surface area contributed by atoms with Crippen LogP contribution in [0.5, 0.6) is 0 Å². The van der Waals surface area contributed by atoms with Gasteiger partial charge in [0, 0.05) is 47.9 Å². The first kappa shape index (κ1) is 20.9. The van der Waals surface area contributed by atoms with Crippen molar-refractivity contribution in [3.8, 4) is 11.1 Å². The molecule has 0 bridgehead atoms. The Kier molecular flexibility index (Phi) is 6.28. The Labute approximate surface area is 167 Å². The van der Waals surface area contributed by atoms with Gasteiger partial charge in [-0.2, -0.15) is 0 Å². The Morgan fingerprint density at radius 1 is 1.10 bits per heavy atom. The maximum atomic E-state index is 12.4. The van der Waals surface area contributed by atoms with Gasteiger partial charge in [-0.3, -0.25) is 4.55 Å². The van der Waals surface area contributed by atoms with E-state index in [1.54, 1.807) is 0 Å². The molecule has 1 aromatic carbocycles. The summed E-state index contributed by atoms with van der Waals surface area (Å²) in [6.45, 7) is 3.17. The van der Waals surface area contributed by atoms with Gasteiger partial charge in [0.25, 0.3) is 0 Å². The first-order valence-electron chi connectivity index (χ1n) is 8.75. The maximum Gasteiger partial charge on any atom is 0.344 e. The highest BCUT2D eigenvalue weighted by molar-refractivity contribution is 7.79. The Morgan fingerprint density at radius 3 is 2.34 bits per heavy atom. The molecular weight excluding hydrogens is 400 g/mol. The molecule has 29 heavy (non-hydrogen) atoms. The molecule has 1 saturated heterocycles. The number of hydrogen-bond acceptors (Lipinski definition) is 7. The van der Waals surface area contributed by atoms with Crippen LogP contribution in [-0.2, 0) is 22.2 Å². The molecule has 0 spiro atoms. The zero-order valence-corrected chi connectivity index (χ0v) is 16.5. The van der Waals surface area contributed by atoms with E-state index < -0.39 is 10.4 Å². The summed E-state index contributed by atoms with van der Waals surface area (Å²) in [6.07, 6.45) is 3.83. The van der Waals surface area contributed by atoms with Gasteiger partial charge in [-0.1, -0.05) is 0 Å². The monoisotopic (exact) mass is 420 g/mol. The van der Waals surface area contributed by atoms with Gasteiger partial charge >= 0.3 is 5.63 Å². The Hall–Kier alpha value is -2.79. The maximum absolute atomic E-state index is 12.4. The van der Waals surface area contributed by atoms with Crippen LogP contribution in [0.3, 0.4) is 0 Å². The lowest BCUT2D eigenvalue weighted by Gasteiger charge is -2.28. The number of aromatic nitrogens is 1. The molecule has 3 aromatic rings. The van der Waals surface area contributed by atoms with Crippen molar-refractivity contribution in [3.63, 3.8) is 0 Å². The number of morpholine rings is 1. The molecule has 1 N–H and O–H groups in total. The number of aryl methyl sites for hydroxylation is 1. The van der Waals surface area contributed by atoms with Gasteiger partial charge in [-0.25, -0.2) is 17.8 Å². The normalized spacial score (nSPS) is 14.4. The zero-order valence-electron chi connectivity index (χ0n) is 15.6. The molecule has 154 valence electrons. The van der Waals surface area contributed by atoms with E-state index in [1.165, 1.54) is 0 Å². The number of pyridine rings is 1. The number of hydrogen-bond donors (Lipinski definition) is 1. The summed E-state index contributed by atoms with van der Waals surface area (Å²) in [6, 6.07) is 11.8. The Bertz CT molecular complexity index is 1140. The van der Waals surface area contributed by atoms with Crippen molar-refractivity contribution < 1.29 is 31.2 Å². The fourth-order valence-corrected chi connectivity index (χ4v) is 3.00. The summed E-state index contributed by atoms with van der Waals surface area (Å²) < 4.78 is 45.7. The molecule has 4 rings (SSSR count). The fourth-order valence-electron chi connectivity index (χ4n) is 3.00. The van der Waals surface area contributed by atoms with Crippen LogP contribution >= 0.6 is 0 Å². The Balaban J connectivity index is 0.000000431. The predicted molar refractivity (Wildman–Crippen MR) is 104 cm³/mol. The number of nitrogens with zero attached hydrogens (tertiary/aromatic N) is 2. The van der Waals surface area contributed by atoms with Gasteiger partial charge in [0.2, 0.25) is 10.4 Å². The number of anilines is 1. The molecule has 0 atom stereocenters. The van der Waals surface area contributed by atoms with Crippen LogP contribution in [0.4, 0.5) is 5.69 Å². The van der Waals surface area contributed by atoms with Crippen LogP contribution in [0.2, 0.25) is 0 Å². The highest BCUT2D eigenvalue weighted by Crippen LogP contribution is 2.25. The van der Waals surface area contributed by atoms with Crippen LogP contribution in [0, 0.1) is 0 Å². The molecule has 2 aromatic heterocycles. The number of rotatable bonds is 2. The third kappa shape index (κ3) is 5.84. The molecule has 0 saturated carbocycles. The summed E-state index contributed by atoms with van der Waals surface area (Å²) in [5.74, 6) is 0. The van der Waals surface area contributed by atoms with E-state index in [4.69, 9.17) is 26.7 Å². The predicted octanol–water partition coefficient (Wildman–Crippen LogP) is 1.13. The van der Waals surface area contributed by atoms with Crippen molar-refractivity contribution >= 4 is 27.1 Å². The van der Waals surface area contributed by atoms with Crippen molar-refractivity contribution in [2.24, 2.45) is 7.05 Å². The standard InChI is InChI=1S/C19H19N2O3.H2O4S/c1-20-6-4-14(5-7-20)17-12-15-2-3-16(13-18(15)24-19(17)22)21-8-10-23-11-9-21;1-5(2,3)4/h2-7,12-13H,8-11H2,1H3;(H2,1,2,3,4)/q+1;/p-1. The Morgan fingerprint density at radius 2 is 1.72 bits per heavy atom. The zero-order chi connectivity index (χ0) is 21.0. The van der Waals surface area contributed by atoms with Crippen LogP contribution in [0.15, 0.2) is 58.0 Å². The smallest absolute Gasteiger partial charge is 0.344 e. The molecule has 3 heterocycles. The summed E-state index contributed by atoms with van der Waals surface area (Å²) >= 11 is 0. The second kappa shape index (κ2) is 8.70.